The molecule has 0 aliphatic heterocycles. The van der Waals surface area contributed by atoms with E-state index in [1.165, 1.54) is 0 Å². The third-order valence-corrected chi connectivity index (χ3v) is 4.39. The van der Waals surface area contributed by atoms with Crippen LogP contribution < -0.4 is 5.73 Å². The highest BCUT2D eigenvalue weighted by molar-refractivity contribution is 6.42. The maximum absolute atomic E-state index is 13.1. The van der Waals surface area contributed by atoms with Crippen molar-refractivity contribution in [3.8, 4) is 0 Å². The van der Waals surface area contributed by atoms with E-state index < -0.39 is 5.92 Å². The first-order valence-corrected chi connectivity index (χ1v) is 6.71. The minimum atomic E-state index is -2.56. The Bertz CT molecular complexity index is 437. The molecule has 0 aromatic heterocycles. The lowest BCUT2D eigenvalue weighted by Gasteiger charge is -2.20. The molecule has 1 fully saturated rings. The summed E-state index contributed by atoms with van der Waals surface area (Å²) in [5.74, 6) is -2.70. The van der Waals surface area contributed by atoms with Gasteiger partial charge in [-0.15, -0.1) is 0 Å². The Morgan fingerprint density at radius 1 is 1.39 bits per heavy atom. The van der Waals surface area contributed by atoms with E-state index in [9.17, 15) is 8.78 Å². The molecule has 1 aliphatic rings. The summed E-state index contributed by atoms with van der Waals surface area (Å²) >= 11 is 12.0. The molecule has 1 nitrogen and oxygen atoms in total. The summed E-state index contributed by atoms with van der Waals surface area (Å²) < 4.78 is 26.3. The lowest BCUT2D eigenvalue weighted by Crippen LogP contribution is -2.31. The zero-order chi connectivity index (χ0) is 13.3. The van der Waals surface area contributed by atoms with E-state index in [0.29, 0.717) is 22.9 Å². The van der Waals surface area contributed by atoms with Gasteiger partial charge in [0.2, 0.25) is 5.92 Å². The van der Waals surface area contributed by atoms with Gasteiger partial charge in [-0.1, -0.05) is 35.3 Å². The molecule has 0 saturated heterocycles. The molecule has 0 bridgehead atoms. The predicted octanol–water partition coefficient (Wildman–Crippen LogP) is 4.30. The average molecular weight is 294 g/mol. The van der Waals surface area contributed by atoms with Crippen molar-refractivity contribution in [3.63, 3.8) is 0 Å². The van der Waals surface area contributed by atoms with E-state index in [1.54, 1.807) is 12.1 Å². The Labute approximate surface area is 115 Å². The summed E-state index contributed by atoms with van der Waals surface area (Å²) in [6.45, 7) is 0. The van der Waals surface area contributed by atoms with Gasteiger partial charge < -0.3 is 5.73 Å². The number of benzene rings is 1. The molecule has 1 saturated carbocycles. The maximum atomic E-state index is 13.1. The van der Waals surface area contributed by atoms with Gasteiger partial charge in [-0.25, -0.2) is 8.78 Å². The largest absolute Gasteiger partial charge is 0.327 e. The second-order valence-electron chi connectivity index (χ2n) is 4.94. The van der Waals surface area contributed by atoms with E-state index in [0.717, 1.165) is 5.56 Å². The molecule has 0 spiro atoms. The van der Waals surface area contributed by atoms with Crippen LogP contribution in [0.4, 0.5) is 8.78 Å². The fourth-order valence-electron chi connectivity index (χ4n) is 2.48. The Balaban J connectivity index is 2.04. The number of alkyl halides is 2. The first-order chi connectivity index (χ1) is 8.39. The van der Waals surface area contributed by atoms with Crippen LogP contribution in [0.5, 0.6) is 0 Å². The number of hydrogen-bond acceptors (Lipinski definition) is 1. The van der Waals surface area contributed by atoms with Gasteiger partial charge >= 0.3 is 0 Å². The Hall–Kier alpha value is -0.380. The van der Waals surface area contributed by atoms with Crippen molar-refractivity contribution in [1.82, 2.24) is 0 Å². The van der Waals surface area contributed by atoms with Crippen LogP contribution in [0.15, 0.2) is 18.2 Å². The van der Waals surface area contributed by atoms with Gasteiger partial charge in [0.05, 0.1) is 10.0 Å². The van der Waals surface area contributed by atoms with Gasteiger partial charge in [0.25, 0.3) is 0 Å². The average Bonchev–Trinajstić information content (AvgIpc) is 2.65. The highest BCUT2D eigenvalue weighted by Crippen LogP contribution is 2.40. The van der Waals surface area contributed by atoms with Gasteiger partial charge in [-0.3, -0.25) is 0 Å². The molecule has 0 radical (unpaired) electrons. The zero-order valence-corrected chi connectivity index (χ0v) is 11.3. The van der Waals surface area contributed by atoms with Gasteiger partial charge in [0.15, 0.2) is 0 Å². The van der Waals surface area contributed by atoms with Crippen molar-refractivity contribution in [2.75, 3.05) is 0 Å². The fourth-order valence-corrected chi connectivity index (χ4v) is 2.87. The van der Waals surface area contributed by atoms with E-state index in [1.807, 2.05) is 6.07 Å². The van der Waals surface area contributed by atoms with Crippen LogP contribution in [-0.4, -0.2) is 12.0 Å². The molecule has 2 rings (SSSR count). The van der Waals surface area contributed by atoms with Crippen LogP contribution in [0.3, 0.4) is 0 Å². The SMILES string of the molecule is NC(Cc1cccc(Cl)c1Cl)C1CCC(F)(F)C1. The van der Waals surface area contributed by atoms with E-state index >= 15 is 0 Å². The predicted molar refractivity (Wildman–Crippen MR) is 70.4 cm³/mol. The molecule has 1 aromatic carbocycles. The highest BCUT2D eigenvalue weighted by Gasteiger charge is 2.41. The molecule has 5 heteroatoms. The smallest absolute Gasteiger partial charge is 0.248 e. The lowest BCUT2D eigenvalue weighted by molar-refractivity contribution is 0.00393. The molecule has 18 heavy (non-hydrogen) atoms. The van der Waals surface area contributed by atoms with Crippen LogP contribution in [0.1, 0.15) is 24.8 Å². The highest BCUT2D eigenvalue weighted by atomic mass is 35.5. The lowest BCUT2D eigenvalue weighted by atomic mass is 9.93. The molecule has 0 heterocycles. The van der Waals surface area contributed by atoms with Crippen molar-refractivity contribution in [2.45, 2.75) is 37.6 Å². The van der Waals surface area contributed by atoms with Crippen LogP contribution >= 0.6 is 23.2 Å². The summed E-state index contributed by atoms with van der Waals surface area (Å²) in [5, 5.41) is 0.942. The standard InChI is InChI=1S/C13H15Cl2F2N/c14-10-3-1-2-8(12(10)15)6-11(18)9-4-5-13(16,17)7-9/h1-3,9,11H,4-7,18H2. The minimum Gasteiger partial charge on any atom is -0.327 e. The van der Waals surface area contributed by atoms with Crippen molar-refractivity contribution >= 4 is 23.2 Å². The molecule has 100 valence electrons. The Morgan fingerprint density at radius 3 is 2.72 bits per heavy atom. The van der Waals surface area contributed by atoms with Gasteiger partial charge in [0, 0.05) is 18.9 Å². The third-order valence-electron chi connectivity index (χ3n) is 3.53. The summed E-state index contributed by atoms with van der Waals surface area (Å²) in [7, 11) is 0. The number of rotatable bonds is 3. The van der Waals surface area contributed by atoms with Gasteiger partial charge in [0.1, 0.15) is 0 Å². The fraction of sp³-hybridized carbons (Fsp3) is 0.538. The number of halogens is 4. The second kappa shape index (κ2) is 5.32. The van der Waals surface area contributed by atoms with Crippen molar-refractivity contribution < 1.29 is 8.78 Å². The van der Waals surface area contributed by atoms with Crippen LogP contribution in [-0.2, 0) is 6.42 Å². The van der Waals surface area contributed by atoms with Gasteiger partial charge in [-0.05, 0) is 30.4 Å². The van der Waals surface area contributed by atoms with Crippen LogP contribution in [0.2, 0.25) is 10.0 Å². The number of nitrogens with two attached hydrogens (primary N) is 1. The van der Waals surface area contributed by atoms with E-state index in [-0.39, 0.29) is 24.8 Å². The van der Waals surface area contributed by atoms with Crippen molar-refractivity contribution in [1.29, 1.82) is 0 Å². The normalized spacial score (nSPS) is 24.2. The molecule has 1 aromatic rings. The van der Waals surface area contributed by atoms with Crippen molar-refractivity contribution in [2.24, 2.45) is 11.7 Å². The quantitative estimate of drug-likeness (QED) is 0.883. The second-order valence-corrected chi connectivity index (χ2v) is 5.72. The molecule has 2 unspecified atom stereocenters. The van der Waals surface area contributed by atoms with Crippen molar-refractivity contribution in [3.05, 3.63) is 33.8 Å². The van der Waals surface area contributed by atoms with E-state index in [2.05, 4.69) is 0 Å². The molecule has 0 amide bonds. The molecule has 2 N–H and O–H groups in total. The Morgan fingerprint density at radius 2 is 2.11 bits per heavy atom. The van der Waals surface area contributed by atoms with Gasteiger partial charge in [-0.2, -0.15) is 0 Å². The molecular weight excluding hydrogens is 279 g/mol. The topological polar surface area (TPSA) is 26.0 Å². The first kappa shape index (κ1) is 14.0. The zero-order valence-electron chi connectivity index (χ0n) is 9.80. The maximum Gasteiger partial charge on any atom is 0.248 e. The summed E-state index contributed by atoms with van der Waals surface area (Å²) in [4.78, 5) is 0. The first-order valence-electron chi connectivity index (χ1n) is 5.95. The molecule has 2 atom stereocenters. The number of hydrogen-bond donors (Lipinski definition) is 1. The summed E-state index contributed by atoms with van der Waals surface area (Å²) in [6, 6.07) is 5.03. The van der Waals surface area contributed by atoms with Crippen LogP contribution in [0, 0.1) is 5.92 Å². The van der Waals surface area contributed by atoms with E-state index in [4.69, 9.17) is 28.9 Å². The summed E-state index contributed by atoms with van der Waals surface area (Å²) in [6.07, 6.45) is 0.785. The minimum absolute atomic E-state index is 0.0609. The third kappa shape index (κ3) is 3.14. The summed E-state index contributed by atoms with van der Waals surface area (Å²) in [5.41, 5.74) is 6.84. The molecular formula is C13H15Cl2F2N. The molecule has 1 aliphatic carbocycles. The Kier molecular flexibility index (Phi) is 4.15. The van der Waals surface area contributed by atoms with Crippen LogP contribution in [0.25, 0.3) is 0 Å². The monoisotopic (exact) mass is 293 g/mol.